The zero-order chi connectivity index (χ0) is 17.3. The van der Waals surface area contributed by atoms with E-state index in [9.17, 15) is 4.79 Å². The van der Waals surface area contributed by atoms with Crippen LogP contribution >= 0.6 is 23.4 Å². The van der Waals surface area contributed by atoms with Crippen LogP contribution in [0.15, 0.2) is 35.2 Å². The Labute approximate surface area is 149 Å². The fourth-order valence-electron chi connectivity index (χ4n) is 2.49. The standard InChI is InChI=1S/C17H16ClN3O2S/c1-10-19-16-15(7-6-14(20-16)17(22)23-2)21(10)9-11-4-5-12(24-3)8-13(11)18/h4-8H,9H2,1-3H3. The molecule has 0 saturated heterocycles. The van der Waals surface area contributed by atoms with E-state index in [1.165, 1.54) is 7.11 Å². The Hall–Kier alpha value is -2.05. The molecule has 3 rings (SSSR count). The summed E-state index contributed by atoms with van der Waals surface area (Å²) in [5, 5.41) is 0.724. The third kappa shape index (κ3) is 3.12. The van der Waals surface area contributed by atoms with Crippen LogP contribution < -0.4 is 0 Å². The minimum absolute atomic E-state index is 0.247. The fourth-order valence-corrected chi connectivity index (χ4v) is 3.24. The van der Waals surface area contributed by atoms with Gasteiger partial charge in [0.1, 0.15) is 5.82 Å². The lowest BCUT2D eigenvalue weighted by Crippen LogP contribution is -2.05. The van der Waals surface area contributed by atoms with E-state index in [0.717, 1.165) is 26.8 Å². The maximum absolute atomic E-state index is 11.6. The quantitative estimate of drug-likeness (QED) is 0.520. The smallest absolute Gasteiger partial charge is 0.356 e. The molecule has 124 valence electrons. The lowest BCUT2D eigenvalue weighted by Gasteiger charge is -2.10. The van der Waals surface area contributed by atoms with Gasteiger partial charge in [-0.05, 0) is 43.0 Å². The van der Waals surface area contributed by atoms with Gasteiger partial charge in [0.2, 0.25) is 0 Å². The third-order valence-electron chi connectivity index (χ3n) is 3.79. The van der Waals surface area contributed by atoms with E-state index in [4.69, 9.17) is 16.3 Å². The highest BCUT2D eigenvalue weighted by atomic mass is 35.5. The topological polar surface area (TPSA) is 57.0 Å². The largest absolute Gasteiger partial charge is 0.464 e. The number of aryl methyl sites for hydroxylation is 1. The summed E-state index contributed by atoms with van der Waals surface area (Å²) < 4.78 is 6.73. The van der Waals surface area contributed by atoms with Crippen LogP contribution in [0.1, 0.15) is 21.9 Å². The van der Waals surface area contributed by atoms with Gasteiger partial charge in [-0.3, -0.25) is 0 Å². The van der Waals surface area contributed by atoms with Crippen LogP contribution in [-0.4, -0.2) is 33.9 Å². The molecule has 1 aromatic carbocycles. The van der Waals surface area contributed by atoms with Gasteiger partial charge in [-0.25, -0.2) is 14.8 Å². The Balaban J connectivity index is 2.01. The van der Waals surface area contributed by atoms with Gasteiger partial charge in [0.05, 0.1) is 19.2 Å². The molecule has 0 amide bonds. The van der Waals surface area contributed by atoms with Gasteiger partial charge in [0.25, 0.3) is 0 Å². The first-order valence-corrected chi connectivity index (χ1v) is 8.88. The second-order valence-electron chi connectivity index (χ2n) is 5.23. The van der Waals surface area contributed by atoms with Crippen molar-refractivity contribution in [3.05, 3.63) is 52.4 Å². The average molecular weight is 362 g/mol. The Morgan fingerprint density at radius 3 is 2.75 bits per heavy atom. The fraction of sp³-hybridized carbons (Fsp3) is 0.235. The SMILES string of the molecule is COC(=O)c1ccc2c(n1)nc(C)n2Cc1ccc(SC)cc1Cl. The predicted octanol–water partition coefficient (Wildman–Crippen LogP) is 3.95. The first kappa shape index (κ1) is 16.8. The van der Waals surface area contributed by atoms with Crippen molar-refractivity contribution < 1.29 is 9.53 Å². The molecule has 0 aliphatic heterocycles. The average Bonchev–Trinajstić information content (AvgIpc) is 2.90. The van der Waals surface area contributed by atoms with Gasteiger partial charge < -0.3 is 9.30 Å². The molecule has 0 radical (unpaired) electrons. The Morgan fingerprint density at radius 2 is 2.08 bits per heavy atom. The number of hydrogen-bond donors (Lipinski definition) is 0. The molecule has 3 aromatic rings. The number of rotatable bonds is 4. The first-order valence-electron chi connectivity index (χ1n) is 7.28. The molecule has 0 aliphatic rings. The van der Waals surface area contributed by atoms with Crippen LogP contribution in [0.2, 0.25) is 5.02 Å². The van der Waals surface area contributed by atoms with Crippen molar-refractivity contribution in [3.8, 4) is 0 Å². The maximum Gasteiger partial charge on any atom is 0.356 e. The van der Waals surface area contributed by atoms with Crippen LogP contribution in [0.25, 0.3) is 11.2 Å². The number of hydrogen-bond acceptors (Lipinski definition) is 5. The lowest BCUT2D eigenvalue weighted by molar-refractivity contribution is 0.0594. The second kappa shape index (κ2) is 6.83. The van der Waals surface area contributed by atoms with Crippen LogP contribution in [-0.2, 0) is 11.3 Å². The molecule has 0 saturated carbocycles. The van der Waals surface area contributed by atoms with E-state index in [1.54, 1.807) is 17.8 Å². The minimum atomic E-state index is -0.472. The predicted molar refractivity (Wildman–Crippen MR) is 95.9 cm³/mol. The summed E-state index contributed by atoms with van der Waals surface area (Å²) in [6, 6.07) is 9.51. The number of aromatic nitrogens is 3. The normalized spacial score (nSPS) is 11.0. The van der Waals surface area contributed by atoms with Gasteiger partial charge in [0, 0.05) is 9.92 Å². The monoisotopic (exact) mass is 361 g/mol. The van der Waals surface area contributed by atoms with Gasteiger partial charge in [-0.15, -0.1) is 11.8 Å². The lowest BCUT2D eigenvalue weighted by atomic mass is 10.2. The number of ether oxygens (including phenoxy) is 1. The summed E-state index contributed by atoms with van der Waals surface area (Å²) in [4.78, 5) is 21.5. The molecule has 2 aromatic heterocycles. The van der Waals surface area contributed by atoms with E-state index in [0.29, 0.717) is 12.2 Å². The van der Waals surface area contributed by atoms with E-state index < -0.39 is 5.97 Å². The minimum Gasteiger partial charge on any atom is -0.464 e. The van der Waals surface area contributed by atoms with Gasteiger partial charge >= 0.3 is 5.97 Å². The third-order valence-corrected chi connectivity index (χ3v) is 4.86. The van der Waals surface area contributed by atoms with Gasteiger partial charge in [-0.1, -0.05) is 17.7 Å². The number of carbonyl (C=O) groups is 1. The molecule has 0 N–H and O–H groups in total. The summed E-state index contributed by atoms with van der Waals surface area (Å²) >= 11 is 8.04. The molecular weight excluding hydrogens is 346 g/mol. The van der Waals surface area contributed by atoms with Crippen molar-refractivity contribution in [1.29, 1.82) is 0 Å². The van der Waals surface area contributed by atoms with Crippen LogP contribution in [0.4, 0.5) is 0 Å². The molecule has 5 nitrogen and oxygen atoms in total. The summed E-state index contributed by atoms with van der Waals surface area (Å²) in [5.41, 5.74) is 2.63. The highest BCUT2D eigenvalue weighted by molar-refractivity contribution is 7.98. The maximum atomic E-state index is 11.6. The number of halogens is 1. The number of nitrogens with zero attached hydrogens (tertiary/aromatic N) is 3. The van der Waals surface area contributed by atoms with E-state index in [2.05, 4.69) is 9.97 Å². The molecule has 0 unspecified atom stereocenters. The molecule has 0 fully saturated rings. The van der Waals surface area contributed by atoms with E-state index in [-0.39, 0.29) is 5.69 Å². The van der Waals surface area contributed by atoms with Crippen molar-refractivity contribution in [3.63, 3.8) is 0 Å². The van der Waals surface area contributed by atoms with Crippen molar-refractivity contribution >= 4 is 40.5 Å². The molecule has 7 heteroatoms. The number of fused-ring (bicyclic) bond motifs is 1. The van der Waals surface area contributed by atoms with Crippen molar-refractivity contribution in [2.45, 2.75) is 18.4 Å². The molecular formula is C17H16ClN3O2S. The highest BCUT2D eigenvalue weighted by Crippen LogP contribution is 2.25. The van der Waals surface area contributed by atoms with E-state index >= 15 is 0 Å². The van der Waals surface area contributed by atoms with Gasteiger partial charge in [0.15, 0.2) is 11.3 Å². The second-order valence-corrected chi connectivity index (χ2v) is 6.52. The Morgan fingerprint density at radius 1 is 1.29 bits per heavy atom. The molecule has 2 heterocycles. The van der Waals surface area contributed by atoms with Crippen LogP contribution in [0, 0.1) is 6.92 Å². The number of esters is 1. The van der Waals surface area contributed by atoms with Crippen LogP contribution in [0.3, 0.4) is 0 Å². The zero-order valence-electron chi connectivity index (χ0n) is 13.5. The molecule has 24 heavy (non-hydrogen) atoms. The number of carbonyl (C=O) groups excluding carboxylic acids is 1. The number of thioether (sulfide) groups is 1. The highest BCUT2D eigenvalue weighted by Gasteiger charge is 2.14. The zero-order valence-corrected chi connectivity index (χ0v) is 15.1. The van der Waals surface area contributed by atoms with Crippen molar-refractivity contribution in [2.24, 2.45) is 0 Å². The molecule has 0 atom stereocenters. The number of benzene rings is 1. The summed E-state index contributed by atoms with van der Waals surface area (Å²) in [6.07, 6.45) is 2.02. The molecule has 0 bridgehead atoms. The van der Waals surface area contributed by atoms with Gasteiger partial charge in [-0.2, -0.15) is 0 Å². The molecule has 0 spiro atoms. The number of pyridine rings is 1. The Bertz CT molecular complexity index is 924. The van der Waals surface area contributed by atoms with E-state index in [1.807, 2.05) is 42.0 Å². The Kier molecular flexibility index (Phi) is 4.78. The first-order chi connectivity index (χ1) is 11.5. The number of imidazole rings is 1. The summed E-state index contributed by atoms with van der Waals surface area (Å²) in [5.74, 6) is 0.337. The number of methoxy groups -OCH3 is 1. The van der Waals surface area contributed by atoms with Crippen LogP contribution in [0.5, 0.6) is 0 Å². The molecule has 0 aliphatic carbocycles. The van der Waals surface area contributed by atoms with Crippen molar-refractivity contribution in [2.75, 3.05) is 13.4 Å². The van der Waals surface area contributed by atoms with Crippen molar-refractivity contribution in [1.82, 2.24) is 14.5 Å². The summed E-state index contributed by atoms with van der Waals surface area (Å²) in [7, 11) is 1.33. The summed E-state index contributed by atoms with van der Waals surface area (Å²) in [6.45, 7) is 2.50.